The molecule has 0 saturated heterocycles. The van der Waals surface area contributed by atoms with Gasteiger partial charge < -0.3 is 10.2 Å². The number of nitrogens with one attached hydrogen (secondary N) is 1. The highest BCUT2D eigenvalue weighted by atomic mass is 16.2. The molecule has 1 amide bonds. The van der Waals surface area contributed by atoms with Crippen molar-refractivity contribution in [2.75, 3.05) is 19.4 Å². The Labute approximate surface area is 129 Å². The lowest BCUT2D eigenvalue weighted by molar-refractivity contribution is -0.128. The van der Waals surface area contributed by atoms with Crippen LogP contribution in [0.1, 0.15) is 12.0 Å². The summed E-state index contributed by atoms with van der Waals surface area (Å²) in [7, 11) is 3.38. The zero-order valence-corrected chi connectivity index (χ0v) is 12.4. The third-order valence-electron chi connectivity index (χ3n) is 2.97. The molecule has 22 heavy (non-hydrogen) atoms. The molecule has 0 aliphatic heterocycles. The molecule has 0 atom stereocenters. The number of carbonyl (C=O) groups is 1. The molecule has 0 radical (unpaired) electrons. The van der Waals surface area contributed by atoms with Gasteiger partial charge in [0.05, 0.1) is 0 Å². The van der Waals surface area contributed by atoms with Gasteiger partial charge in [-0.25, -0.2) is 0 Å². The molecule has 1 N–H and O–H groups in total. The van der Waals surface area contributed by atoms with E-state index < -0.39 is 0 Å². The standard InChI is InChI=1S/C16H15N5O/c1-21(2)16(22)8-7-12-5-3-4-6-14(12)20-15(11-19)13(9-17)10-18/h3-6,20H,7-8H2,1-2H3. The maximum Gasteiger partial charge on any atom is 0.222 e. The zero-order chi connectivity index (χ0) is 16.5. The van der Waals surface area contributed by atoms with Crippen molar-refractivity contribution in [1.29, 1.82) is 15.8 Å². The van der Waals surface area contributed by atoms with Gasteiger partial charge in [-0.05, 0) is 18.1 Å². The molecule has 0 heterocycles. The van der Waals surface area contributed by atoms with Crippen LogP contribution in [0.2, 0.25) is 0 Å². The van der Waals surface area contributed by atoms with Gasteiger partial charge in [-0.15, -0.1) is 0 Å². The van der Waals surface area contributed by atoms with Crippen LogP contribution in [-0.4, -0.2) is 24.9 Å². The van der Waals surface area contributed by atoms with Crippen LogP contribution in [0.3, 0.4) is 0 Å². The fraction of sp³-hybridized carbons (Fsp3) is 0.250. The Morgan fingerprint density at radius 1 is 1.14 bits per heavy atom. The van der Waals surface area contributed by atoms with Gasteiger partial charge in [0.15, 0.2) is 5.57 Å². The maximum absolute atomic E-state index is 11.7. The lowest BCUT2D eigenvalue weighted by Gasteiger charge is -2.13. The number of hydrogen-bond donors (Lipinski definition) is 1. The minimum absolute atomic E-state index is 0.000547. The quantitative estimate of drug-likeness (QED) is 0.835. The highest BCUT2D eigenvalue weighted by Gasteiger charge is 2.10. The van der Waals surface area contributed by atoms with Gasteiger partial charge >= 0.3 is 0 Å². The summed E-state index contributed by atoms with van der Waals surface area (Å²) in [4.78, 5) is 13.2. The zero-order valence-electron chi connectivity index (χ0n) is 12.4. The molecular weight excluding hydrogens is 278 g/mol. The molecule has 0 unspecified atom stereocenters. The van der Waals surface area contributed by atoms with Crippen molar-refractivity contribution in [2.45, 2.75) is 12.8 Å². The van der Waals surface area contributed by atoms with E-state index in [0.29, 0.717) is 18.5 Å². The Morgan fingerprint density at radius 2 is 1.77 bits per heavy atom. The normalized spacial score (nSPS) is 8.86. The topological polar surface area (TPSA) is 104 Å². The molecule has 0 aliphatic rings. The van der Waals surface area contributed by atoms with Crippen LogP contribution in [0.15, 0.2) is 35.5 Å². The number of para-hydroxylation sites is 1. The van der Waals surface area contributed by atoms with E-state index in [1.165, 1.54) is 4.90 Å². The predicted octanol–water partition coefficient (Wildman–Crippen LogP) is 1.94. The van der Waals surface area contributed by atoms with E-state index in [9.17, 15) is 4.79 Å². The van der Waals surface area contributed by atoms with Crippen LogP contribution in [0, 0.1) is 34.0 Å². The fourth-order valence-electron chi connectivity index (χ4n) is 1.74. The summed E-state index contributed by atoms with van der Waals surface area (Å²) in [6.45, 7) is 0. The maximum atomic E-state index is 11.7. The van der Waals surface area contributed by atoms with E-state index in [-0.39, 0.29) is 17.2 Å². The van der Waals surface area contributed by atoms with Crippen molar-refractivity contribution in [3.05, 3.63) is 41.1 Å². The number of hydrogen-bond acceptors (Lipinski definition) is 5. The molecule has 0 aromatic heterocycles. The Hall–Kier alpha value is -3.30. The molecule has 1 aromatic rings. The summed E-state index contributed by atoms with van der Waals surface area (Å²) >= 11 is 0. The highest BCUT2D eigenvalue weighted by Crippen LogP contribution is 2.20. The first kappa shape index (κ1) is 16.8. The van der Waals surface area contributed by atoms with Gasteiger partial charge in [0.25, 0.3) is 0 Å². The number of amides is 1. The van der Waals surface area contributed by atoms with Crippen LogP contribution < -0.4 is 5.32 Å². The monoisotopic (exact) mass is 293 g/mol. The summed E-state index contributed by atoms with van der Waals surface area (Å²) in [5.41, 5.74) is 1.06. The number of rotatable bonds is 5. The van der Waals surface area contributed by atoms with Gasteiger partial charge in [0.1, 0.15) is 23.9 Å². The molecule has 1 aromatic carbocycles. The van der Waals surface area contributed by atoms with Crippen LogP contribution >= 0.6 is 0 Å². The molecular formula is C16H15N5O. The Morgan fingerprint density at radius 3 is 2.32 bits per heavy atom. The number of benzene rings is 1. The third kappa shape index (κ3) is 4.37. The fourth-order valence-corrected chi connectivity index (χ4v) is 1.74. The second-order valence-electron chi connectivity index (χ2n) is 4.66. The van der Waals surface area contributed by atoms with Crippen molar-refractivity contribution in [1.82, 2.24) is 4.90 Å². The van der Waals surface area contributed by atoms with Gasteiger partial charge in [0, 0.05) is 26.2 Å². The Bertz CT molecular complexity index is 697. The average Bonchev–Trinajstić information content (AvgIpc) is 2.53. The molecule has 6 heteroatoms. The Balaban J connectivity index is 3.01. The summed E-state index contributed by atoms with van der Waals surface area (Å²) < 4.78 is 0. The van der Waals surface area contributed by atoms with Crippen LogP contribution in [0.4, 0.5) is 5.69 Å². The summed E-state index contributed by atoms with van der Waals surface area (Å²) in [6, 6.07) is 12.3. The molecule has 1 rings (SSSR count). The summed E-state index contributed by atoms with van der Waals surface area (Å²) in [5, 5.41) is 29.6. The number of anilines is 1. The second-order valence-corrected chi connectivity index (χ2v) is 4.66. The van der Waals surface area contributed by atoms with Crippen molar-refractivity contribution < 1.29 is 4.79 Å². The van der Waals surface area contributed by atoms with Gasteiger partial charge in [-0.1, -0.05) is 18.2 Å². The number of allylic oxidation sites excluding steroid dienone is 2. The SMILES string of the molecule is CN(C)C(=O)CCc1ccccc1NC(C#N)=C(C#N)C#N. The number of carbonyl (C=O) groups excluding carboxylic acids is 1. The molecule has 110 valence electrons. The third-order valence-corrected chi connectivity index (χ3v) is 2.97. The molecule has 0 saturated carbocycles. The van der Waals surface area contributed by atoms with Crippen LogP contribution in [0.25, 0.3) is 0 Å². The van der Waals surface area contributed by atoms with E-state index >= 15 is 0 Å². The molecule has 0 fully saturated rings. The van der Waals surface area contributed by atoms with E-state index in [1.807, 2.05) is 18.2 Å². The van der Waals surface area contributed by atoms with Crippen molar-refractivity contribution >= 4 is 11.6 Å². The predicted molar refractivity (Wildman–Crippen MR) is 80.9 cm³/mol. The highest BCUT2D eigenvalue weighted by molar-refractivity contribution is 5.76. The minimum Gasteiger partial charge on any atom is -0.349 e. The van der Waals surface area contributed by atoms with Crippen LogP contribution in [0.5, 0.6) is 0 Å². The lowest BCUT2D eigenvalue weighted by Crippen LogP contribution is -2.22. The number of nitriles is 3. The first-order valence-corrected chi connectivity index (χ1v) is 6.53. The molecule has 0 spiro atoms. The van der Waals surface area contributed by atoms with Crippen molar-refractivity contribution in [3.63, 3.8) is 0 Å². The first-order chi connectivity index (χ1) is 10.5. The van der Waals surface area contributed by atoms with Gasteiger partial charge in [-0.2, -0.15) is 15.8 Å². The smallest absolute Gasteiger partial charge is 0.222 e. The number of nitrogens with zero attached hydrogens (tertiary/aromatic N) is 4. The first-order valence-electron chi connectivity index (χ1n) is 6.53. The molecule has 6 nitrogen and oxygen atoms in total. The number of aryl methyl sites for hydroxylation is 1. The average molecular weight is 293 g/mol. The van der Waals surface area contributed by atoms with Gasteiger partial charge in [0.2, 0.25) is 5.91 Å². The summed E-state index contributed by atoms with van der Waals surface area (Å²) in [6.07, 6.45) is 0.827. The Kier molecular flexibility index (Phi) is 6.16. The van der Waals surface area contributed by atoms with E-state index in [2.05, 4.69) is 5.32 Å². The van der Waals surface area contributed by atoms with E-state index in [0.717, 1.165) is 5.56 Å². The van der Waals surface area contributed by atoms with Crippen molar-refractivity contribution in [2.24, 2.45) is 0 Å². The lowest BCUT2D eigenvalue weighted by atomic mass is 10.1. The molecule has 0 bridgehead atoms. The largest absolute Gasteiger partial charge is 0.349 e. The van der Waals surface area contributed by atoms with Crippen LogP contribution in [-0.2, 0) is 11.2 Å². The molecule has 0 aliphatic carbocycles. The second kappa shape index (κ2) is 8.09. The van der Waals surface area contributed by atoms with E-state index in [4.69, 9.17) is 15.8 Å². The van der Waals surface area contributed by atoms with Gasteiger partial charge in [-0.3, -0.25) is 4.79 Å². The van der Waals surface area contributed by atoms with Crippen molar-refractivity contribution in [3.8, 4) is 18.2 Å². The summed E-state index contributed by atoms with van der Waals surface area (Å²) in [5.74, 6) is 0.000547. The van der Waals surface area contributed by atoms with E-state index in [1.54, 1.807) is 38.4 Å². The minimum atomic E-state index is -0.276.